The highest BCUT2D eigenvalue weighted by Crippen LogP contribution is 2.27. The monoisotopic (exact) mass is 548 g/mol. The van der Waals surface area contributed by atoms with Crippen LogP contribution in [-0.2, 0) is 11.1 Å². The summed E-state index contributed by atoms with van der Waals surface area (Å²) in [6.07, 6.45) is -0.242. The fraction of sp³-hybridized carbons (Fsp3) is 0.286. The normalized spacial score (nSPS) is 13.9. The smallest absolute Gasteiger partial charge is 0.423 e. The van der Waals surface area contributed by atoms with Crippen LogP contribution in [0.25, 0.3) is 0 Å². The molecule has 184 valence electrons. The molecule has 1 aromatic heterocycles. The van der Waals surface area contributed by atoms with E-state index in [4.69, 9.17) is 9.28 Å². The maximum atomic E-state index is 13.5. The van der Waals surface area contributed by atoms with Crippen LogP contribution in [0.1, 0.15) is 27.8 Å². The molecule has 1 atom stereocenters. The second-order valence-electron chi connectivity index (χ2n) is 7.78. The van der Waals surface area contributed by atoms with Crippen LogP contribution >= 0.6 is 15.9 Å². The standard InChI is InChI=1S/C21H23BBrFN6O5/c1-30(33)20(27-13-5-6-16(24)15(23)11-13)18-19(29-35-28-18)25-8-9-26-21(31)14-4-2-3-12-7-10-34-22(32)17(12)14/h2-6,11,20,27,32-33H,7-10H2,1H3,(H,25,29)(H,26,31). The van der Waals surface area contributed by atoms with Gasteiger partial charge in [0.1, 0.15) is 5.82 Å². The van der Waals surface area contributed by atoms with Crippen molar-refractivity contribution in [2.24, 2.45) is 0 Å². The molecule has 0 radical (unpaired) electrons. The van der Waals surface area contributed by atoms with Gasteiger partial charge in [-0.3, -0.25) is 4.79 Å². The van der Waals surface area contributed by atoms with E-state index >= 15 is 0 Å². The highest BCUT2D eigenvalue weighted by Gasteiger charge is 2.30. The first-order chi connectivity index (χ1) is 16.8. The molecule has 0 fully saturated rings. The molecule has 35 heavy (non-hydrogen) atoms. The Kier molecular flexibility index (Phi) is 7.98. The van der Waals surface area contributed by atoms with Gasteiger partial charge in [0.05, 0.1) is 4.47 Å². The van der Waals surface area contributed by atoms with Crippen molar-refractivity contribution >= 4 is 45.9 Å². The molecule has 11 nitrogen and oxygen atoms in total. The van der Waals surface area contributed by atoms with Crippen LogP contribution in [0.5, 0.6) is 0 Å². The highest BCUT2D eigenvalue weighted by atomic mass is 79.9. The first-order valence-corrected chi connectivity index (χ1v) is 11.5. The Labute approximate surface area is 208 Å². The summed E-state index contributed by atoms with van der Waals surface area (Å²) in [5, 5.41) is 37.7. The van der Waals surface area contributed by atoms with Crippen molar-refractivity contribution < 1.29 is 28.7 Å². The molecule has 0 saturated heterocycles. The van der Waals surface area contributed by atoms with Crippen molar-refractivity contribution in [2.75, 3.05) is 37.4 Å². The van der Waals surface area contributed by atoms with Crippen molar-refractivity contribution in [1.82, 2.24) is 20.7 Å². The minimum Gasteiger partial charge on any atom is -0.423 e. The molecule has 0 saturated carbocycles. The average Bonchev–Trinajstić information content (AvgIpc) is 3.30. The predicted octanol–water partition coefficient (Wildman–Crippen LogP) is 1.50. The van der Waals surface area contributed by atoms with Gasteiger partial charge in [-0.25, -0.2) is 9.02 Å². The summed E-state index contributed by atoms with van der Waals surface area (Å²) >= 11 is 3.13. The predicted molar refractivity (Wildman–Crippen MR) is 129 cm³/mol. The number of nitrogens with zero attached hydrogens (tertiary/aromatic N) is 3. The van der Waals surface area contributed by atoms with Crippen LogP contribution in [0.15, 0.2) is 45.5 Å². The molecule has 2 heterocycles. The van der Waals surface area contributed by atoms with Gasteiger partial charge in [0.2, 0.25) is 0 Å². The quantitative estimate of drug-likeness (QED) is 0.115. The van der Waals surface area contributed by atoms with E-state index < -0.39 is 19.1 Å². The van der Waals surface area contributed by atoms with Gasteiger partial charge in [0.25, 0.3) is 5.91 Å². The summed E-state index contributed by atoms with van der Waals surface area (Å²) < 4.78 is 23.9. The number of hydroxylamine groups is 2. The van der Waals surface area contributed by atoms with E-state index in [2.05, 4.69) is 42.2 Å². The maximum absolute atomic E-state index is 13.5. The number of benzene rings is 2. The highest BCUT2D eigenvalue weighted by molar-refractivity contribution is 9.10. The third kappa shape index (κ3) is 5.79. The van der Waals surface area contributed by atoms with Gasteiger partial charge < -0.3 is 30.8 Å². The van der Waals surface area contributed by atoms with E-state index in [1.54, 1.807) is 12.1 Å². The first-order valence-electron chi connectivity index (χ1n) is 10.7. The molecular weight excluding hydrogens is 526 g/mol. The van der Waals surface area contributed by atoms with Gasteiger partial charge in [-0.1, -0.05) is 12.1 Å². The number of fused-ring (bicyclic) bond motifs is 1. The Bertz CT molecular complexity index is 1200. The summed E-state index contributed by atoms with van der Waals surface area (Å²) in [4.78, 5) is 12.7. The van der Waals surface area contributed by atoms with Crippen molar-refractivity contribution in [3.8, 4) is 0 Å². The minimum atomic E-state index is -1.13. The fourth-order valence-corrected chi connectivity index (χ4v) is 4.10. The maximum Gasteiger partial charge on any atom is 0.492 e. The van der Waals surface area contributed by atoms with E-state index in [0.29, 0.717) is 29.7 Å². The van der Waals surface area contributed by atoms with E-state index in [0.717, 1.165) is 10.6 Å². The van der Waals surface area contributed by atoms with Crippen LogP contribution in [0.3, 0.4) is 0 Å². The largest absolute Gasteiger partial charge is 0.492 e. The number of hydrogen-bond donors (Lipinski definition) is 5. The van der Waals surface area contributed by atoms with E-state index in [1.165, 1.54) is 25.2 Å². The molecule has 0 aliphatic carbocycles. The summed E-state index contributed by atoms with van der Waals surface area (Å²) in [7, 11) is 0.275. The molecule has 0 spiro atoms. The summed E-state index contributed by atoms with van der Waals surface area (Å²) in [5.74, 6) is -0.516. The number of aromatic nitrogens is 2. The summed E-state index contributed by atoms with van der Waals surface area (Å²) in [6, 6.07) is 9.59. The van der Waals surface area contributed by atoms with E-state index in [1.807, 2.05) is 6.07 Å². The van der Waals surface area contributed by atoms with Crippen molar-refractivity contribution in [2.45, 2.75) is 12.6 Å². The third-order valence-electron chi connectivity index (χ3n) is 5.41. The van der Waals surface area contributed by atoms with Gasteiger partial charge >= 0.3 is 7.12 Å². The molecule has 1 aliphatic heterocycles. The Hall–Kier alpha value is -3.04. The third-order valence-corrected chi connectivity index (χ3v) is 6.02. The van der Waals surface area contributed by atoms with Crippen molar-refractivity contribution in [3.63, 3.8) is 0 Å². The van der Waals surface area contributed by atoms with Crippen LogP contribution in [0.2, 0.25) is 0 Å². The first kappa shape index (κ1) is 25.1. The fourth-order valence-electron chi connectivity index (χ4n) is 3.72. The van der Waals surface area contributed by atoms with Gasteiger partial charge in [0.15, 0.2) is 17.7 Å². The molecule has 4 rings (SSSR count). The second kappa shape index (κ2) is 11.1. The molecule has 0 bridgehead atoms. The number of halogens is 2. The molecule has 2 aromatic carbocycles. The minimum absolute atomic E-state index is 0.226. The lowest BCUT2D eigenvalue weighted by Gasteiger charge is -2.23. The van der Waals surface area contributed by atoms with Crippen LogP contribution < -0.4 is 21.4 Å². The van der Waals surface area contributed by atoms with Gasteiger partial charge in [-0.05, 0) is 68.0 Å². The Morgan fingerprint density at radius 1 is 1.31 bits per heavy atom. The molecule has 5 N–H and O–H groups in total. The summed E-state index contributed by atoms with van der Waals surface area (Å²) in [6.45, 7) is 0.892. The zero-order valence-corrected chi connectivity index (χ0v) is 20.2. The number of amides is 1. The van der Waals surface area contributed by atoms with Gasteiger partial charge in [-0.2, -0.15) is 5.06 Å². The van der Waals surface area contributed by atoms with Crippen LogP contribution in [0, 0.1) is 5.82 Å². The van der Waals surface area contributed by atoms with Crippen LogP contribution in [-0.4, -0.2) is 65.4 Å². The molecule has 14 heteroatoms. The van der Waals surface area contributed by atoms with E-state index in [-0.39, 0.29) is 35.0 Å². The number of hydrogen-bond acceptors (Lipinski definition) is 10. The van der Waals surface area contributed by atoms with Crippen LogP contribution in [0.4, 0.5) is 15.9 Å². The molecular formula is C21H23BBrFN6O5. The van der Waals surface area contributed by atoms with Crippen molar-refractivity contribution in [3.05, 3.63) is 63.5 Å². The Morgan fingerprint density at radius 3 is 2.91 bits per heavy atom. The van der Waals surface area contributed by atoms with E-state index in [9.17, 15) is 19.4 Å². The Balaban J connectivity index is 1.37. The molecule has 1 amide bonds. The summed E-state index contributed by atoms with van der Waals surface area (Å²) in [5.41, 5.74) is 2.49. The Morgan fingerprint density at radius 2 is 2.14 bits per heavy atom. The molecule has 3 aromatic rings. The molecule has 1 unspecified atom stereocenters. The number of carbonyl (C=O) groups is 1. The van der Waals surface area contributed by atoms with Gasteiger partial charge in [0, 0.05) is 38.0 Å². The average molecular weight is 549 g/mol. The number of nitrogens with one attached hydrogen (secondary N) is 3. The lowest BCUT2D eigenvalue weighted by Crippen LogP contribution is -2.46. The molecule has 1 aliphatic rings. The lowest BCUT2D eigenvalue weighted by molar-refractivity contribution is -0.0969. The van der Waals surface area contributed by atoms with Gasteiger partial charge in [-0.15, -0.1) is 0 Å². The second-order valence-corrected chi connectivity index (χ2v) is 8.64. The number of rotatable bonds is 9. The SMILES string of the molecule is CN(O)C(Nc1ccc(F)c(Br)c1)c1nonc1NCCNC(=O)c1cccc2c1B(O)OCC2. The van der Waals surface area contributed by atoms with Crippen molar-refractivity contribution in [1.29, 1.82) is 0 Å². The zero-order valence-electron chi connectivity index (χ0n) is 18.7. The zero-order chi connectivity index (χ0) is 24.9. The lowest BCUT2D eigenvalue weighted by atomic mass is 9.70. The number of carbonyl (C=O) groups excluding carboxylic acids is 1. The topological polar surface area (TPSA) is 145 Å². The number of anilines is 2.